The zero-order valence-electron chi connectivity index (χ0n) is 11.9. The summed E-state index contributed by atoms with van der Waals surface area (Å²) in [5, 5.41) is 2.67. The molecule has 0 saturated carbocycles. The van der Waals surface area contributed by atoms with Gasteiger partial charge < -0.3 is 15.0 Å². The fourth-order valence-corrected chi connectivity index (χ4v) is 2.98. The van der Waals surface area contributed by atoms with E-state index >= 15 is 0 Å². The first-order chi connectivity index (χ1) is 10.0. The van der Waals surface area contributed by atoms with Gasteiger partial charge in [0.05, 0.1) is 13.2 Å². The van der Waals surface area contributed by atoms with E-state index in [0.717, 1.165) is 0 Å². The molecule has 1 N–H and O–H groups in total. The van der Waals surface area contributed by atoms with Crippen molar-refractivity contribution in [3.8, 4) is 5.75 Å². The van der Waals surface area contributed by atoms with Crippen LogP contribution in [0.2, 0.25) is 0 Å². The second-order valence-electron chi connectivity index (χ2n) is 4.71. The Labute approximate surface area is 126 Å². The number of halogens is 1. The summed E-state index contributed by atoms with van der Waals surface area (Å²) >= 11 is 1.21. The second-order valence-corrected chi connectivity index (χ2v) is 5.76. The molecule has 0 bridgehead atoms. The van der Waals surface area contributed by atoms with Crippen molar-refractivity contribution in [1.29, 1.82) is 0 Å². The van der Waals surface area contributed by atoms with Crippen molar-refractivity contribution in [3.05, 3.63) is 29.6 Å². The van der Waals surface area contributed by atoms with Crippen LogP contribution < -0.4 is 10.1 Å². The highest BCUT2D eigenvalue weighted by molar-refractivity contribution is 8.13. The van der Waals surface area contributed by atoms with Crippen LogP contribution in [0.4, 0.5) is 9.18 Å². The molecule has 1 aliphatic heterocycles. The minimum Gasteiger partial charge on any atom is -0.496 e. The van der Waals surface area contributed by atoms with E-state index in [4.69, 9.17) is 4.74 Å². The molecule has 7 heteroatoms. The largest absolute Gasteiger partial charge is 0.496 e. The molecular formula is C14H17FN2O3S. The lowest BCUT2D eigenvalue weighted by Gasteiger charge is -2.19. The van der Waals surface area contributed by atoms with Crippen LogP contribution >= 0.6 is 11.8 Å². The predicted octanol–water partition coefficient (Wildman–Crippen LogP) is 2.18. The highest BCUT2D eigenvalue weighted by Gasteiger charge is 2.24. The number of hydrogen-bond acceptors (Lipinski definition) is 4. The van der Waals surface area contributed by atoms with Gasteiger partial charge >= 0.3 is 0 Å². The van der Waals surface area contributed by atoms with Crippen molar-refractivity contribution >= 4 is 22.9 Å². The average molecular weight is 312 g/mol. The number of hydrogen-bond donors (Lipinski definition) is 1. The fraction of sp³-hybridized carbons (Fsp3) is 0.429. The number of methoxy groups -OCH3 is 1. The zero-order chi connectivity index (χ0) is 15.4. The van der Waals surface area contributed by atoms with E-state index in [-0.39, 0.29) is 17.7 Å². The normalized spacial score (nSPS) is 16.0. The minimum atomic E-state index is -0.409. The van der Waals surface area contributed by atoms with Gasteiger partial charge in [0, 0.05) is 17.9 Å². The summed E-state index contributed by atoms with van der Waals surface area (Å²) in [4.78, 5) is 24.9. The third-order valence-electron chi connectivity index (χ3n) is 3.22. The molecule has 21 heavy (non-hydrogen) atoms. The molecule has 0 spiro atoms. The predicted molar refractivity (Wildman–Crippen MR) is 78.9 cm³/mol. The summed E-state index contributed by atoms with van der Waals surface area (Å²) < 4.78 is 18.5. The lowest BCUT2D eigenvalue weighted by Crippen LogP contribution is -2.38. The molecule has 0 aliphatic carbocycles. The molecule has 1 heterocycles. The van der Waals surface area contributed by atoms with Crippen molar-refractivity contribution in [1.82, 2.24) is 10.2 Å². The molecule has 2 rings (SSSR count). The van der Waals surface area contributed by atoms with E-state index < -0.39 is 11.9 Å². The number of ether oxygens (including phenoxy) is 1. The minimum absolute atomic E-state index is 0.0216. The molecule has 5 nitrogen and oxygen atoms in total. The van der Waals surface area contributed by atoms with Gasteiger partial charge in [0.25, 0.3) is 5.24 Å². The Morgan fingerprint density at radius 3 is 2.95 bits per heavy atom. The zero-order valence-corrected chi connectivity index (χ0v) is 12.7. The molecule has 1 aromatic carbocycles. The van der Waals surface area contributed by atoms with Gasteiger partial charge in [0.1, 0.15) is 18.1 Å². The molecule has 1 aromatic rings. The van der Waals surface area contributed by atoms with Gasteiger partial charge in [0.15, 0.2) is 0 Å². The van der Waals surface area contributed by atoms with Gasteiger partial charge in [-0.2, -0.15) is 0 Å². The molecule has 1 saturated heterocycles. The summed E-state index contributed by atoms with van der Waals surface area (Å²) in [6, 6.07) is 3.75. The van der Waals surface area contributed by atoms with E-state index in [1.807, 2.05) is 0 Å². The van der Waals surface area contributed by atoms with Crippen LogP contribution in [0.5, 0.6) is 5.75 Å². The maximum Gasteiger partial charge on any atom is 0.282 e. The maximum atomic E-state index is 13.3. The van der Waals surface area contributed by atoms with E-state index in [1.54, 1.807) is 6.92 Å². The van der Waals surface area contributed by atoms with Crippen LogP contribution in [0.1, 0.15) is 18.5 Å². The third kappa shape index (κ3) is 3.87. The summed E-state index contributed by atoms with van der Waals surface area (Å²) in [5.41, 5.74) is 0.563. The van der Waals surface area contributed by atoms with Gasteiger partial charge in [-0.15, -0.1) is 0 Å². The van der Waals surface area contributed by atoms with Crippen molar-refractivity contribution in [2.24, 2.45) is 0 Å². The first-order valence-corrected chi connectivity index (χ1v) is 7.54. The van der Waals surface area contributed by atoms with Gasteiger partial charge in [-0.25, -0.2) is 4.39 Å². The number of amides is 2. The summed E-state index contributed by atoms with van der Waals surface area (Å²) in [6.45, 7) is 2.35. The molecule has 1 unspecified atom stereocenters. The standard InChI is InChI=1S/C14H17FN2O3S/c1-9(11-7-10(15)3-4-12(11)20-2)16-13(18)8-17-5-6-21-14(17)19/h3-4,7,9H,5-6,8H2,1-2H3,(H,16,18). The number of thioether (sulfide) groups is 1. The van der Waals surface area contributed by atoms with E-state index in [0.29, 0.717) is 23.6 Å². The number of nitrogens with zero attached hydrogens (tertiary/aromatic N) is 1. The topological polar surface area (TPSA) is 58.6 Å². The van der Waals surface area contributed by atoms with Crippen molar-refractivity contribution in [3.63, 3.8) is 0 Å². The van der Waals surface area contributed by atoms with Gasteiger partial charge in [0.2, 0.25) is 5.91 Å². The van der Waals surface area contributed by atoms with Crippen LogP contribution in [-0.2, 0) is 4.79 Å². The number of benzene rings is 1. The summed E-state index contributed by atoms with van der Waals surface area (Å²) in [6.07, 6.45) is 0. The van der Waals surface area contributed by atoms with Gasteiger partial charge in [-0.05, 0) is 25.1 Å². The van der Waals surface area contributed by atoms with Crippen LogP contribution in [0, 0.1) is 5.82 Å². The Morgan fingerprint density at radius 2 is 2.33 bits per heavy atom. The lowest BCUT2D eigenvalue weighted by atomic mass is 10.1. The second kappa shape index (κ2) is 6.80. The highest BCUT2D eigenvalue weighted by Crippen LogP contribution is 2.25. The summed E-state index contributed by atoms with van der Waals surface area (Å²) in [5.74, 6) is 0.555. The van der Waals surface area contributed by atoms with Crippen molar-refractivity contribution < 1.29 is 18.7 Å². The molecule has 0 radical (unpaired) electrons. The van der Waals surface area contributed by atoms with Gasteiger partial charge in [-0.1, -0.05) is 11.8 Å². The monoisotopic (exact) mass is 312 g/mol. The Balaban J connectivity index is 2.00. The lowest BCUT2D eigenvalue weighted by molar-refractivity contribution is -0.122. The van der Waals surface area contributed by atoms with Gasteiger partial charge in [-0.3, -0.25) is 9.59 Å². The van der Waals surface area contributed by atoms with Crippen LogP contribution in [0.25, 0.3) is 0 Å². The Kier molecular flexibility index (Phi) is 5.06. The SMILES string of the molecule is COc1ccc(F)cc1C(C)NC(=O)CN1CCSC1=O. The number of nitrogens with one attached hydrogen (secondary N) is 1. The Hall–Kier alpha value is -1.76. The Morgan fingerprint density at radius 1 is 1.57 bits per heavy atom. The first-order valence-electron chi connectivity index (χ1n) is 6.55. The number of rotatable bonds is 5. The van der Waals surface area contributed by atoms with E-state index in [1.165, 1.54) is 42.0 Å². The van der Waals surface area contributed by atoms with Crippen LogP contribution in [0.15, 0.2) is 18.2 Å². The molecule has 1 atom stereocenters. The van der Waals surface area contributed by atoms with E-state index in [9.17, 15) is 14.0 Å². The van der Waals surface area contributed by atoms with Crippen molar-refractivity contribution in [2.75, 3.05) is 26.0 Å². The third-order valence-corrected chi connectivity index (χ3v) is 4.11. The average Bonchev–Trinajstić information content (AvgIpc) is 2.84. The molecule has 1 fully saturated rings. The van der Waals surface area contributed by atoms with Crippen LogP contribution in [0.3, 0.4) is 0 Å². The molecule has 1 aliphatic rings. The summed E-state index contributed by atoms with van der Waals surface area (Å²) in [7, 11) is 1.49. The molecule has 0 aromatic heterocycles. The number of carbonyl (C=O) groups is 2. The number of carbonyl (C=O) groups excluding carboxylic acids is 2. The van der Waals surface area contributed by atoms with E-state index in [2.05, 4.69) is 5.32 Å². The van der Waals surface area contributed by atoms with Crippen molar-refractivity contribution in [2.45, 2.75) is 13.0 Å². The quantitative estimate of drug-likeness (QED) is 0.905. The smallest absolute Gasteiger partial charge is 0.282 e. The first kappa shape index (κ1) is 15.6. The van der Waals surface area contributed by atoms with Crippen LogP contribution in [-0.4, -0.2) is 42.0 Å². The fourth-order valence-electron chi connectivity index (χ4n) is 2.15. The maximum absolute atomic E-state index is 13.3. The highest BCUT2D eigenvalue weighted by atomic mass is 32.2. The Bertz CT molecular complexity index is 553. The molecule has 2 amide bonds. The molecule has 114 valence electrons. The molecular weight excluding hydrogens is 295 g/mol.